The van der Waals surface area contributed by atoms with Crippen molar-refractivity contribution in [3.8, 4) is 0 Å². The number of amides is 2. The van der Waals surface area contributed by atoms with Crippen LogP contribution in [0.2, 0.25) is 0 Å². The Balaban J connectivity index is 0.00000300. The molecule has 0 saturated carbocycles. The predicted molar refractivity (Wildman–Crippen MR) is 153 cm³/mol. The van der Waals surface area contributed by atoms with Crippen LogP contribution >= 0.6 is 0 Å². The zero-order valence-electron chi connectivity index (χ0n) is 25.7. The summed E-state index contributed by atoms with van der Waals surface area (Å²) in [6.07, 6.45) is 8.08. The van der Waals surface area contributed by atoms with Gasteiger partial charge in [0.25, 0.3) is 0 Å². The second-order valence-electron chi connectivity index (χ2n) is 11.5. The quantitative estimate of drug-likeness (QED) is 0.267. The van der Waals surface area contributed by atoms with Crippen LogP contribution in [0.25, 0.3) is 0 Å². The van der Waals surface area contributed by atoms with Crippen molar-refractivity contribution in [2.45, 2.75) is 132 Å². The van der Waals surface area contributed by atoms with Crippen molar-refractivity contribution in [1.82, 2.24) is 15.1 Å². The fourth-order valence-corrected chi connectivity index (χ4v) is 4.40. The summed E-state index contributed by atoms with van der Waals surface area (Å²) in [5.41, 5.74) is 0.466. The first kappa shape index (κ1) is 35.1. The molecule has 1 N–H and O–H groups in total. The van der Waals surface area contributed by atoms with E-state index in [4.69, 9.17) is 4.74 Å². The van der Waals surface area contributed by atoms with Gasteiger partial charge in [0.05, 0.1) is 12.6 Å². The van der Waals surface area contributed by atoms with E-state index in [1.165, 1.54) is 0 Å². The minimum absolute atomic E-state index is 0.0515. The number of likely N-dealkylation sites (tertiary alicyclic amines) is 1. The van der Waals surface area contributed by atoms with Gasteiger partial charge in [-0.3, -0.25) is 14.5 Å². The van der Waals surface area contributed by atoms with E-state index in [9.17, 15) is 14.4 Å². The van der Waals surface area contributed by atoms with Crippen LogP contribution in [0.15, 0.2) is 11.6 Å². The predicted octanol–water partition coefficient (Wildman–Crippen LogP) is 5.58. The number of unbranched alkanes of at least 4 members (excludes halogenated alkanes) is 1. The van der Waals surface area contributed by atoms with Crippen molar-refractivity contribution in [1.29, 1.82) is 0 Å². The number of piperidine rings is 1. The molecule has 0 radical (unpaired) electrons. The van der Waals surface area contributed by atoms with Crippen molar-refractivity contribution in [3.63, 3.8) is 0 Å². The van der Waals surface area contributed by atoms with Crippen molar-refractivity contribution in [3.05, 3.63) is 11.6 Å². The molecular weight excluding hydrogens is 466 g/mol. The molecule has 1 heterocycles. The maximum Gasteiger partial charge on any atom is 0.333 e. The second kappa shape index (κ2) is 18.4. The Labute approximate surface area is 227 Å². The second-order valence-corrected chi connectivity index (χ2v) is 11.5. The lowest BCUT2D eigenvalue weighted by atomic mass is 9.96. The standard InChI is InChI=1S/C26H47N3O4.C4H10/c1-9-11-14-20(6)29-16-13-12-15-22(29)24(30)27-23(18(3)4)25(31)28(8)21(7)17-19(5)26(32)33-10-2;1-4(2)3/h17-18,20-23H,9-16H2,1-8H3,(H,27,30);4H,1-3H3/b19-17+;. The van der Waals surface area contributed by atoms with Crippen molar-refractivity contribution in [2.75, 3.05) is 20.2 Å². The third kappa shape index (κ3) is 13.0. The van der Waals surface area contributed by atoms with E-state index in [1.807, 2.05) is 20.8 Å². The lowest BCUT2D eigenvalue weighted by Crippen LogP contribution is -2.58. The van der Waals surface area contributed by atoms with Crippen LogP contribution in [0, 0.1) is 11.8 Å². The molecule has 0 aromatic rings. The van der Waals surface area contributed by atoms with Gasteiger partial charge >= 0.3 is 5.97 Å². The molecule has 1 aliphatic heterocycles. The number of likely N-dealkylation sites (N-methyl/N-ethyl adjacent to an activating group) is 1. The average molecular weight is 524 g/mol. The largest absolute Gasteiger partial charge is 0.463 e. The summed E-state index contributed by atoms with van der Waals surface area (Å²) < 4.78 is 5.03. The minimum atomic E-state index is -0.615. The molecule has 7 heteroatoms. The van der Waals surface area contributed by atoms with Gasteiger partial charge in [-0.2, -0.15) is 0 Å². The molecule has 0 bridgehead atoms. The Kier molecular flexibility index (Phi) is 17.4. The number of ether oxygens (including phenoxy) is 1. The van der Waals surface area contributed by atoms with Crippen LogP contribution < -0.4 is 5.32 Å². The zero-order valence-corrected chi connectivity index (χ0v) is 25.7. The average Bonchev–Trinajstić information content (AvgIpc) is 2.84. The third-order valence-corrected chi connectivity index (χ3v) is 6.67. The maximum atomic E-state index is 13.3. The smallest absolute Gasteiger partial charge is 0.333 e. The van der Waals surface area contributed by atoms with Crippen LogP contribution in [-0.4, -0.2) is 72.0 Å². The van der Waals surface area contributed by atoms with Crippen LogP contribution in [0.5, 0.6) is 0 Å². The van der Waals surface area contributed by atoms with E-state index in [-0.39, 0.29) is 35.8 Å². The SMILES string of the molecule is CC(C)C.CCCCC(C)N1CCCCC1C(=O)NC(C(=O)N(C)C(C)/C=C(\C)C(=O)OCC)C(C)C. The first-order valence-corrected chi connectivity index (χ1v) is 14.5. The van der Waals surface area contributed by atoms with E-state index in [2.05, 4.69) is 44.8 Å². The molecule has 0 aromatic heterocycles. The van der Waals surface area contributed by atoms with E-state index >= 15 is 0 Å². The van der Waals surface area contributed by atoms with Crippen molar-refractivity contribution < 1.29 is 19.1 Å². The van der Waals surface area contributed by atoms with Gasteiger partial charge in [-0.15, -0.1) is 0 Å². The van der Waals surface area contributed by atoms with Gasteiger partial charge in [0.2, 0.25) is 11.8 Å². The number of esters is 1. The Hall–Kier alpha value is -1.89. The number of nitrogens with one attached hydrogen (secondary N) is 1. The summed E-state index contributed by atoms with van der Waals surface area (Å²) in [7, 11) is 1.71. The highest BCUT2D eigenvalue weighted by Gasteiger charge is 2.35. The first-order valence-electron chi connectivity index (χ1n) is 14.5. The Bertz CT molecular complexity index is 717. The van der Waals surface area contributed by atoms with Gasteiger partial charge in [-0.1, -0.05) is 66.9 Å². The van der Waals surface area contributed by atoms with Crippen molar-refractivity contribution in [2.24, 2.45) is 11.8 Å². The molecule has 0 aliphatic carbocycles. The van der Waals surface area contributed by atoms with E-state index < -0.39 is 6.04 Å². The summed E-state index contributed by atoms with van der Waals surface area (Å²) >= 11 is 0. The highest BCUT2D eigenvalue weighted by Crippen LogP contribution is 2.23. The lowest BCUT2D eigenvalue weighted by Gasteiger charge is -2.40. The number of nitrogens with zero attached hydrogens (tertiary/aromatic N) is 2. The summed E-state index contributed by atoms with van der Waals surface area (Å²) in [6.45, 7) is 21.3. The first-order chi connectivity index (χ1) is 17.3. The Morgan fingerprint density at radius 1 is 1.05 bits per heavy atom. The molecular formula is C30H57N3O4. The Morgan fingerprint density at radius 2 is 1.65 bits per heavy atom. The Morgan fingerprint density at radius 3 is 2.16 bits per heavy atom. The van der Waals surface area contributed by atoms with Gasteiger partial charge in [0.1, 0.15) is 6.04 Å². The number of carbonyl (C=O) groups is 3. The summed E-state index contributed by atoms with van der Waals surface area (Å²) in [5, 5.41) is 3.07. The molecule has 1 saturated heterocycles. The number of rotatable bonds is 12. The zero-order chi connectivity index (χ0) is 28.7. The number of hydrogen-bond acceptors (Lipinski definition) is 5. The summed E-state index contributed by atoms with van der Waals surface area (Å²) in [5.74, 6) is 0.193. The molecule has 1 fully saturated rings. The van der Waals surface area contributed by atoms with E-state index in [0.717, 1.165) is 51.0 Å². The van der Waals surface area contributed by atoms with Gasteiger partial charge in [-0.25, -0.2) is 4.79 Å². The van der Waals surface area contributed by atoms with Crippen molar-refractivity contribution >= 4 is 17.8 Å². The molecule has 0 spiro atoms. The van der Waals surface area contributed by atoms with Gasteiger partial charge < -0.3 is 15.0 Å². The highest BCUT2D eigenvalue weighted by molar-refractivity contribution is 5.91. The highest BCUT2D eigenvalue weighted by atomic mass is 16.5. The van der Waals surface area contributed by atoms with Gasteiger partial charge in [0.15, 0.2) is 0 Å². The normalized spacial score (nSPS) is 18.9. The number of hydrogen-bond donors (Lipinski definition) is 1. The van der Waals surface area contributed by atoms with E-state index in [0.29, 0.717) is 18.2 Å². The van der Waals surface area contributed by atoms with Crippen LogP contribution in [0.3, 0.4) is 0 Å². The summed E-state index contributed by atoms with van der Waals surface area (Å²) in [6, 6.07) is -0.752. The topological polar surface area (TPSA) is 79.0 Å². The molecule has 7 nitrogen and oxygen atoms in total. The maximum absolute atomic E-state index is 13.3. The van der Waals surface area contributed by atoms with Crippen LogP contribution in [-0.2, 0) is 19.1 Å². The van der Waals surface area contributed by atoms with Gasteiger partial charge in [-0.05, 0) is 65.3 Å². The molecule has 216 valence electrons. The lowest BCUT2D eigenvalue weighted by molar-refractivity contribution is -0.140. The minimum Gasteiger partial charge on any atom is -0.463 e. The molecule has 2 amide bonds. The fourth-order valence-electron chi connectivity index (χ4n) is 4.40. The molecule has 4 atom stereocenters. The molecule has 4 unspecified atom stereocenters. The van der Waals surface area contributed by atoms with Crippen LogP contribution in [0.4, 0.5) is 0 Å². The fraction of sp³-hybridized carbons (Fsp3) is 0.833. The van der Waals surface area contributed by atoms with Crippen LogP contribution in [0.1, 0.15) is 108 Å². The number of carbonyl (C=O) groups excluding carboxylic acids is 3. The molecule has 1 rings (SSSR count). The molecule has 37 heavy (non-hydrogen) atoms. The van der Waals surface area contributed by atoms with Gasteiger partial charge in [0, 0.05) is 24.7 Å². The van der Waals surface area contributed by atoms with E-state index in [1.54, 1.807) is 31.9 Å². The third-order valence-electron chi connectivity index (χ3n) is 6.67. The molecule has 0 aromatic carbocycles. The molecule has 1 aliphatic rings. The monoisotopic (exact) mass is 523 g/mol. The summed E-state index contributed by atoms with van der Waals surface area (Å²) in [4.78, 5) is 42.5.